The Morgan fingerprint density at radius 3 is 2.16 bits per heavy atom. The molecule has 1 unspecified atom stereocenters. The number of para-hydroxylation sites is 2. The van der Waals surface area contributed by atoms with Crippen molar-refractivity contribution >= 4 is 76.3 Å². The molecule has 0 fully saturated rings. The molecule has 0 saturated heterocycles. The molecular formula is C47H30N2O. The zero-order valence-corrected chi connectivity index (χ0v) is 27.4. The second-order valence-corrected chi connectivity index (χ2v) is 14.3. The molecule has 0 saturated carbocycles. The minimum absolute atomic E-state index is 0.228. The van der Waals surface area contributed by atoms with Crippen LogP contribution in [0.25, 0.3) is 104 Å². The lowest BCUT2D eigenvalue weighted by Crippen LogP contribution is -2.27. The quantitative estimate of drug-likeness (QED) is 0.185. The molecule has 3 aromatic heterocycles. The maximum absolute atomic E-state index is 6.83. The number of hydrogen-bond donors (Lipinski definition) is 0. The fraction of sp³-hybridized carbons (Fsp3) is 0.0638. The van der Waals surface area contributed by atoms with E-state index in [1.54, 1.807) is 0 Å². The van der Waals surface area contributed by atoms with Crippen LogP contribution >= 0.6 is 0 Å². The van der Waals surface area contributed by atoms with Crippen molar-refractivity contribution in [3.05, 3.63) is 152 Å². The second-order valence-electron chi connectivity index (χ2n) is 14.3. The van der Waals surface area contributed by atoms with Gasteiger partial charge in [0.25, 0.3) is 0 Å². The van der Waals surface area contributed by atoms with Crippen LogP contribution in [0.1, 0.15) is 13.3 Å². The highest BCUT2D eigenvalue weighted by molar-refractivity contribution is 6.33. The number of hydrogen-bond acceptors (Lipinski definition) is 1. The second kappa shape index (κ2) is 9.22. The molecule has 10 aromatic rings. The standard InChI is InChI=1S/C47H30N2O/c1-47(24-9-2-10-25-47)49-39-23-22-38-43(44(39)45-40(49)21-20-34-32-15-6-8-19-41(32)50-46(34)45)35-16-5-7-18-37(35)48(38)29-26-28-12-11-17-33-30-13-3-4-14-31(30)36(27-29)42(28)33/h2-24,26-27H,25H2,1H3. The molecule has 1 atom stereocenters. The van der Waals surface area contributed by atoms with Crippen LogP contribution in [-0.2, 0) is 5.54 Å². The van der Waals surface area contributed by atoms with E-state index in [1.807, 2.05) is 0 Å². The lowest BCUT2D eigenvalue weighted by atomic mass is 9.92. The average molecular weight is 639 g/mol. The Labute approximate surface area is 287 Å². The minimum atomic E-state index is -0.228. The van der Waals surface area contributed by atoms with Crippen molar-refractivity contribution < 1.29 is 4.42 Å². The monoisotopic (exact) mass is 638 g/mol. The predicted molar refractivity (Wildman–Crippen MR) is 210 cm³/mol. The van der Waals surface area contributed by atoms with Crippen molar-refractivity contribution in [1.29, 1.82) is 0 Å². The molecule has 234 valence electrons. The normalized spacial score (nSPS) is 16.7. The summed E-state index contributed by atoms with van der Waals surface area (Å²) < 4.78 is 11.9. The number of benzene rings is 7. The zero-order valence-electron chi connectivity index (χ0n) is 27.4. The van der Waals surface area contributed by atoms with E-state index in [2.05, 4.69) is 168 Å². The predicted octanol–water partition coefficient (Wildman–Crippen LogP) is 12.8. The first-order valence-corrected chi connectivity index (χ1v) is 17.5. The van der Waals surface area contributed by atoms with Crippen LogP contribution in [0.4, 0.5) is 0 Å². The van der Waals surface area contributed by atoms with Crippen LogP contribution in [0.5, 0.6) is 0 Å². The van der Waals surface area contributed by atoms with Gasteiger partial charge < -0.3 is 13.6 Å². The van der Waals surface area contributed by atoms with Crippen LogP contribution in [-0.4, -0.2) is 9.13 Å². The molecule has 0 bridgehead atoms. The van der Waals surface area contributed by atoms with Gasteiger partial charge in [0.15, 0.2) is 0 Å². The van der Waals surface area contributed by atoms with Gasteiger partial charge in [0.1, 0.15) is 11.2 Å². The molecule has 0 aliphatic heterocycles. The summed E-state index contributed by atoms with van der Waals surface area (Å²) in [6.07, 6.45) is 9.92. The lowest BCUT2D eigenvalue weighted by Gasteiger charge is -2.31. The smallest absolute Gasteiger partial charge is 0.145 e. The number of aromatic nitrogens is 2. The number of furan rings is 1. The van der Waals surface area contributed by atoms with E-state index in [0.717, 1.165) is 28.4 Å². The van der Waals surface area contributed by atoms with Gasteiger partial charge in [0, 0.05) is 32.6 Å². The van der Waals surface area contributed by atoms with Crippen molar-refractivity contribution in [2.75, 3.05) is 0 Å². The highest BCUT2D eigenvalue weighted by Crippen LogP contribution is 2.50. The Hall–Kier alpha value is -6.32. The summed E-state index contributed by atoms with van der Waals surface area (Å²) in [5.41, 5.74) is 12.9. The first-order chi connectivity index (χ1) is 24.7. The molecule has 0 spiro atoms. The number of rotatable bonds is 2. The fourth-order valence-corrected chi connectivity index (χ4v) is 9.47. The topological polar surface area (TPSA) is 23.0 Å². The molecule has 3 heteroatoms. The van der Waals surface area contributed by atoms with Gasteiger partial charge in [-0.25, -0.2) is 0 Å². The van der Waals surface area contributed by atoms with E-state index < -0.39 is 0 Å². The molecule has 3 heterocycles. The highest BCUT2D eigenvalue weighted by atomic mass is 16.3. The Balaban J connectivity index is 1.27. The molecule has 3 nitrogen and oxygen atoms in total. The van der Waals surface area contributed by atoms with E-state index in [9.17, 15) is 0 Å². The van der Waals surface area contributed by atoms with Gasteiger partial charge in [-0.1, -0.05) is 103 Å². The van der Waals surface area contributed by atoms with E-state index in [-0.39, 0.29) is 5.54 Å². The van der Waals surface area contributed by atoms with Crippen molar-refractivity contribution in [1.82, 2.24) is 9.13 Å². The Morgan fingerprint density at radius 2 is 1.28 bits per heavy atom. The lowest BCUT2D eigenvalue weighted by molar-refractivity contribution is 0.437. The molecule has 0 amide bonds. The van der Waals surface area contributed by atoms with Gasteiger partial charge in [-0.05, 0) is 94.9 Å². The van der Waals surface area contributed by atoms with Crippen molar-refractivity contribution in [3.63, 3.8) is 0 Å². The van der Waals surface area contributed by atoms with Crippen molar-refractivity contribution in [3.8, 4) is 27.9 Å². The third kappa shape index (κ3) is 3.21. The molecule has 7 aromatic carbocycles. The average Bonchev–Trinajstić information content (AvgIpc) is 3.89. The van der Waals surface area contributed by atoms with Gasteiger partial charge in [-0.3, -0.25) is 0 Å². The van der Waals surface area contributed by atoms with E-state index in [4.69, 9.17) is 4.42 Å². The van der Waals surface area contributed by atoms with Crippen molar-refractivity contribution in [2.24, 2.45) is 0 Å². The number of nitrogens with zero attached hydrogens (tertiary/aromatic N) is 2. The summed E-state index contributed by atoms with van der Waals surface area (Å²) in [7, 11) is 0. The maximum Gasteiger partial charge on any atom is 0.145 e. The first kappa shape index (κ1) is 26.6. The summed E-state index contributed by atoms with van der Waals surface area (Å²) in [6, 6.07) is 47.0. The third-order valence-electron chi connectivity index (χ3n) is 11.5. The Morgan fingerprint density at radius 1 is 0.540 bits per heavy atom. The van der Waals surface area contributed by atoms with E-state index >= 15 is 0 Å². The number of fused-ring (bicyclic) bond motifs is 14. The SMILES string of the molecule is CC1(n2c3ccc4c5ccccc5oc4c3c3c4c5ccccc5n(-c5cc6c7c(cccc7c5)-c5ccccc5-6)c4ccc32)C=CC=CC1. The Bertz CT molecular complexity index is 3200. The molecule has 0 N–H and O–H groups in total. The number of allylic oxidation sites excluding steroid dienone is 4. The summed E-state index contributed by atoms with van der Waals surface area (Å²) in [4.78, 5) is 0. The van der Waals surface area contributed by atoms with Crippen LogP contribution in [0.3, 0.4) is 0 Å². The molecule has 50 heavy (non-hydrogen) atoms. The fourth-order valence-electron chi connectivity index (χ4n) is 9.47. The summed E-state index contributed by atoms with van der Waals surface area (Å²) in [5, 5.41) is 9.86. The van der Waals surface area contributed by atoms with Crippen LogP contribution in [0, 0.1) is 0 Å². The highest BCUT2D eigenvalue weighted by Gasteiger charge is 2.31. The molecule has 2 aliphatic rings. The summed E-state index contributed by atoms with van der Waals surface area (Å²) in [6.45, 7) is 2.35. The molecule has 0 radical (unpaired) electrons. The van der Waals surface area contributed by atoms with Crippen LogP contribution in [0.15, 0.2) is 156 Å². The maximum atomic E-state index is 6.83. The van der Waals surface area contributed by atoms with Gasteiger partial charge in [0.05, 0.1) is 33.0 Å². The zero-order chi connectivity index (χ0) is 32.7. The molecule has 12 rings (SSSR count). The van der Waals surface area contributed by atoms with Crippen LogP contribution in [0.2, 0.25) is 0 Å². The van der Waals surface area contributed by atoms with E-state index in [1.165, 1.54) is 82.3 Å². The third-order valence-corrected chi connectivity index (χ3v) is 11.5. The van der Waals surface area contributed by atoms with Crippen LogP contribution < -0.4 is 0 Å². The summed E-state index contributed by atoms with van der Waals surface area (Å²) >= 11 is 0. The first-order valence-electron chi connectivity index (χ1n) is 17.5. The molecular weight excluding hydrogens is 609 g/mol. The van der Waals surface area contributed by atoms with Gasteiger partial charge in [-0.15, -0.1) is 0 Å². The van der Waals surface area contributed by atoms with Gasteiger partial charge in [0.2, 0.25) is 0 Å². The van der Waals surface area contributed by atoms with Crippen molar-refractivity contribution in [2.45, 2.75) is 18.9 Å². The van der Waals surface area contributed by atoms with Gasteiger partial charge in [-0.2, -0.15) is 0 Å². The minimum Gasteiger partial charge on any atom is -0.455 e. The summed E-state index contributed by atoms with van der Waals surface area (Å²) in [5.74, 6) is 0. The Kier molecular flexibility index (Phi) is 4.91. The molecule has 2 aliphatic carbocycles. The van der Waals surface area contributed by atoms with E-state index in [0.29, 0.717) is 0 Å². The van der Waals surface area contributed by atoms with Gasteiger partial charge >= 0.3 is 0 Å². The largest absolute Gasteiger partial charge is 0.455 e.